The predicted molar refractivity (Wildman–Crippen MR) is 166 cm³/mol. The number of carboxylic acid groups (broad SMARTS) is 1. The van der Waals surface area contributed by atoms with Crippen LogP contribution in [0.15, 0.2) is 97.1 Å². The third-order valence-electron chi connectivity index (χ3n) is 5.86. The van der Waals surface area contributed by atoms with E-state index < -0.39 is 24.0 Å². The first kappa shape index (κ1) is 37.2. The molecule has 2 unspecified atom stereocenters. The van der Waals surface area contributed by atoms with Crippen molar-refractivity contribution in [3.8, 4) is 23.0 Å². The average molecular weight is 629 g/mol. The Bertz CT molecular complexity index is 1440. The van der Waals surface area contributed by atoms with Crippen molar-refractivity contribution in [1.82, 2.24) is 0 Å². The summed E-state index contributed by atoms with van der Waals surface area (Å²) in [4.78, 5) is 22.2. The van der Waals surface area contributed by atoms with Gasteiger partial charge in [0.15, 0.2) is 23.0 Å². The number of aliphatic hydroxyl groups is 1. The van der Waals surface area contributed by atoms with E-state index in [1.54, 1.807) is 6.07 Å². The first-order chi connectivity index (χ1) is 20.5. The second-order valence-electron chi connectivity index (χ2n) is 9.34. The number of benzene rings is 4. The molecule has 0 aliphatic heterocycles. The summed E-state index contributed by atoms with van der Waals surface area (Å²) in [5.74, 6) is -2.57. The van der Waals surface area contributed by atoms with Crippen LogP contribution in [0.3, 0.4) is 0 Å². The van der Waals surface area contributed by atoms with Gasteiger partial charge in [0.05, 0.1) is 6.61 Å². The Labute approximate surface area is 261 Å². The number of carboxylic acids is 1. The lowest BCUT2D eigenvalue weighted by molar-refractivity contribution is -0.146. The molecular formula is C32H37ClN2O9. The summed E-state index contributed by atoms with van der Waals surface area (Å²) >= 11 is 0. The van der Waals surface area contributed by atoms with Crippen LogP contribution in [0.1, 0.15) is 22.3 Å². The molecule has 2 atom stereocenters. The first-order valence-corrected chi connectivity index (χ1v) is 13.1. The number of carbonyl (C=O) groups excluding carboxylic acids is 1. The fourth-order valence-corrected chi connectivity index (χ4v) is 3.49. The molecular weight excluding hydrogens is 592 g/mol. The Morgan fingerprint density at radius 2 is 1.05 bits per heavy atom. The minimum Gasteiger partial charge on any atom is -0.504 e. The number of aliphatic carboxylic acids is 1. The van der Waals surface area contributed by atoms with Crippen molar-refractivity contribution in [2.75, 3.05) is 0 Å². The minimum atomic E-state index is -1.10. The largest absolute Gasteiger partial charge is 0.504 e. The van der Waals surface area contributed by atoms with Crippen LogP contribution in [-0.4, -0.2) is 54.7 Å². The van der Waals surface area contributed by atoms with E-state index in [4.69, 9.17) is 36.6 Å². The summed E-state index contributed by atoms with van der Waals surface area (Å²) in [6, 6.07) is 25.4. The second-order valence-corrected chi connectivity index (χ2v) is 9.34. The Kier molecular flexibility index (Phi) is 16.4. The molecule has 0 spiro atoms. The highest BCUT2D eigenvalue weighted by Gasteiger charge is 2.17. The number of aromatic hydroxyl groups is 4. The zero-order chi connectivity index (χ0) is 31.8. The Hall–Kier alpha value is -4.81. The number of hydrogen-bond acceptors (Lipinski definition) is 10. The molecule has 0 saturated carbocycles. The van der Waals surface area contributed by atoms with Crippen LogP contribution in [-0.2, 0) is 40.4 Å². The van der Waals surface area contributed by atoms with Gasteiger partial charge in [-0.1, -0.05) is 72.8 Å². The number of rotatable bonds is 9. The summed E-state index contributed by atoms with van der Waals surface area (Å²) in [6.07, 6.45) is 0.338. The topological polar surface area (TPSA) is 217 Å². The second kappa shape index (κ2) is 19.4. The highest BCUT2D eigenvalue weighted by atomic mass is 35.5. The van der Waals surface area contributed by atoms with Crippen molar-refractivity contribution in [2.45, 2.75) is 38.1 Å². The molecule has 0 saturated heterocycles. The van der Waals surface area contributed by atoms with Gasteiger partial charge < -0.3 is 46.8 Å². The Morgan fingerprint density at radius 3 is 1.43 bits per heavy atom. The molecule has 4 aromatic rings. The molecule has 10 N–H and O–H groups in total. The van der Waals surface area contributed by atoms with Crippen LogP contribution in [0.4, 0.5) is 0 Å². The van der Waals surface area contributed by atoms with Crippen LogP contribution in [0.25, 0.3) is 0 Å². The molecule has 4 rings (SSSR count). The molecule has 0 bridgehead atoms. The van der Waals surface area contributed by atoms with Gasteiger partial charge in [0.25, 0.3) is 0 Å². The lowest BCUT2D eigenvalue weighted by Gasteiger charge is -2.12. The SMILES string of the molecule is Cl.NC(Cc1ccc(O)c(O)c1)C(=O)O.NC(Cc1ccc(O)c(O)c1)C(=O)OCc1ccccc1.OCc1ccccc1. The molecule has 0 aliphatic rings. The van der Waals surface area contributed by atoms with Crippen LogP contribution >= 0.6 is 12.4 Å². The van der Waals surface area contributed by atoms with Gasteiger partial charge in [-0.25, -0.2) is 0 Å². The third-order valence-corrected chi connectivity index (χ3v) is 5.86. The predicted octanol–water partition coefficient (Wildman–Crippen LogP) is 3.36. The third kappa shape index (κ3) is 13.4. The van der Waals surface area contributed by atoms with E-state index in [1.807, 2.05) is 60.7 Å². The fraction of sp³-hybridized carbons (Fsp3) is 0.188. The number of phenols is 4. The van der Waals surface area contributed by atoms with Crippen molar-refractivity contribution in [2.24, 2.45) is 11.5 Å². The van der Waals surface area contributed by atoms with Crippen molar-refractivity contribution >= 4 is 24.3 Å². The van der Waals surface area contributed by atoms with Gasteiger partial charge in [0.2, 0.25) is 0 Å². The average Bonchev–Trinajstić information content (AvgIpc) is 3.01. The summed E-state index contributed by atoms with van der Waals surface area (Å²) in [6.45, 7) is 0.315. The fourth-order valence-electron chi connectivity index (χ4n) is 3.49. The number of aliphatic hydroxyl groups excluding tert-OH is 1. The highest BCUT2D eigenvalue weighted by Crippen LogP contribution is 2.26. The Balaban J connectivity index is 0.000000362. The van der Waals surface area contributed by atoms with E-state index in [0.717, 1.165) is 11.1 Å². The Morgan fingerprint density at radius 1 is 0.614 bits per heavy atom. The molecule has 0 radical (unpaired) electrons. The molecule has 11 nitrogen and oxygen atoms in total. The summed E-state index contributed by atoms with van der Waals surface area (Å²) < 4.78 is 5.14. The van der Waals surface area contributed by atoms with Crippen LogP contribution < -0.4 is 11.5 Å². The van der Waals surface area contributed by atoms with E-state index in [0.29, 0.717) is 11.1 Å². The number of esters is 1. The maximum atomic E-state index is 11.8. The maximum absolute atomic E-state index is 11.8. The molecule has 44 heavy (non-hydrogen) atoms. The van der Waals surface area contributed by atoms with Crippen molar-refractivity contribution in [1.29, 1.82) is 0 Å². The van der Waals surface area contributed by atoms with Gasteiger partial charge in [0, 0.05) is 0 Å². The first-order valence-electron chi connectivity index (χ1n) is 13.1. The molecule has 0 aliphatic carbocycles. The lowest BCUT2D eigenvalue weighted by atomic mass is 10.1. The summed E-state index contributed by atoms with van der Waals surface area (Å²) in [7, 11) is 0. The van der Waals surface area contributed by atoms with E-state index in [1.165, 1.54) is 30.3 Å². The molecule has 0 aromatic heterocycles. The van der Waals surface area contributed by atoms with Gasteiger partial charge in [-0.05, 0) is 59.4 Å². The monoisotopic (exact) mass is 628 g/mol. The molecule has 0 fully saturated rings. The van der Waals surface area contributed by atoms with Gasteiger partial charge >= 0.3 is 11.9 Å². The number of hydrogen-bond donors (Lipinski definition) is 8. The van der Waals surface area contributed by atoms with E-state index in [-0.39, 0.29) is 61.5 Å². The van der Waals surface area contributed by atoms with Crippen molar-refractivity contribution in [3.63, 3.8) is 0 Å². The molecule has 236 valence electrons. The minimum absolute atomic E-state index is 0. The van der Waals surface area contributed by atoms with Gasteiger partial charge in [-0.2, -0.15) is 0 Å². The summed E-state index contributed by atoms with van der Waals surface area (Å²) in [5.41, 5.74) is 14.1. The maximum Gasteiger partial charge on any atom is 0.323 e. The van der Waals surface area contributed by atoms with Crippen LogP contribution in [0.2, 0.25) is 0 Å². The highest BCUT2D eigenvalue weighted by molar-refractivity contribution is 5.85. The number of nitrogens with two attached hydrogens (primary N) is 2. The lowest BCUT2D eigenvalue weighted by Crippen LogP contribution is -2.34. The summed E-state index contributed by atoms with van der Waals surface area (Å²) in [5, 5.41) is 53.8. The van der Waals surface area contributed by atoms with Crippen LogP contribution in [0, 0.1) is 0 Å². The standard InChI is InChI=1S/C16H17NO4.C9H11NO4.C7H8O.ClH/c17-13(8-12-6-7-14(18)15(19)9-12)16(20)21-10-11-4-2-1-3-5-11;10-6(9(13)14)3-5-1-2-7(11)8(12)4-5;8-6-7-4-2-1-3-5-7;/h1-7,9,13,18-19H,8,10,17H2;1-2,4,6,11-12H,3,10H2,(H,13,14);1-5,8H,6H2;1H. The number of phenolic OH excluding ortho intramolecular Hbond substituents is 4. The quantitative estimate of drug-likeness (QED) is 0.0992. The normalized spacial score (nSPS) is 11.2. The smallest absolute Gasteiger partial charge is 0.323 e. The van der Waals surface area contributed by atoms with Crippen LogP contribution in [0.5, 0.6) is 23.0 Å². The van der Waals surface area contributed by atoms with Crippen molar-refractivity contribution < 1.29 is 45.0 Å². The number of halogens is 1. The van der Waals surface area contributed by atoms with Gasteiger partial charge in [-0.3, -0.25) is 9.59 Å². The zero-order valence-electron chi connectivity index (χ0n) is 23.7. The number of carbonyl (C=O) groups is 2. The molecule has 12 heteroatoms. The molecule has 0 heterocycles. The molecule has 0 amide bonds. The van der Waals surface area contributed by atoms with E-state index in [9.17, 15) is 19.8 Å². The zero-order valence-corrected chi connectivity index (χ0v) is 24.5. The van der Waals surface area contributed by atoms with E-state index in [2.05, 4.69) is 0 Å². The van der Waals surface area contributed by atoms with E-state index >= 15 is 0 Å². The van der Waals surface area contributed by atoms with Crippen molar-refractivity contribution in [3.05, 3.63) is 119 Å². The van der Waals surface area contributed by atoms with Gasteiger partial charge in [0.1, 0.15) is 18.7 Å². The van der Waals surface area contributed by atoms with Gasteiger partial charge in [-0.15, -0.1) is 12.4 Å². The molecule has 4 aromatic carbocycles. The number of ether oxygens (including phenoxy) is 1.